The first kappa shape index (κ1) is 37.4. The minimum Gasteiger partial charge on any atom is -0.308 e. The van der Waals surface area contributed by atoms with Gasteiger partial charge in [0.15, 0.2) is 0 Å². The van der Waals surface area contributed by atoms with Crippen molar-refractivity contribution in [2.75, 3.05) is 0 Å². The van der Waals surface area contributed by atoms with E-state index in [1.165, 1.54) is 6.07 Å². The fourth-order valence-corrected chi connectivity index (χ4v) is 8.69. The first-order valence-electron chi connectivity index (χ1n) is 19.5. The zero-order valence-electron chi connectivity index (χ0n) is 32.4. The summed E-state index contributed by atoms with van der Waals surface area (Å²) in [5.41, 5.74) is 7.96. The molecule has 0 aliphatic rings. The molecule has 0 aliphatic heterocycles. The molecule has 62 heavy (non-hydrogen) atoms. The number of hydrogen-bond donors (Lipinski definition) is 0. The Balaban J connectivity index is 1.38. The van der Waals surface area contributed by atoms with Gasteiger partial charge in [0, 0.05) is 32.7 Å². The number of nitriles is 4. The van der Waals surface area contributed by atoms with E-state index in [2.05, 4.69) is 24.3 Å². The van der Waals surface area contributed by atoms with Crippen molar-refractivity contribution < 1.29 is 13.2 Å². The third-order valence-electron chi connectivity index (χ3n) is 11.4. The van der Waals surface area contributed by atoms with Gasteiger partial charge < -0.3 is 9.13 Å². The van der Waals surface area contributed by atoms with Gasteiger partial charge in [0.2, 0.25) is 0 Å². The molecule has 9 heteroatoms. The van der Waals surface area contributed by atoms with Crippen LogP contribution in [0.25, 0.3) is 88.4 Å². The lowest BCUT2D eigenvalue weighted by Gasteiger charge is -2.22. The second-order valence-corrected chi connectivity index (χ2v) is 14.9. The van der Waals surface area contributed by atoms with Crippen molar-refractivity contribution in [2.24, 2.45) is 0 Å². The molecule has 2 heterocycles. The standard InChI is InChI=1S/C53H27F3N6/c54-53(55,56)40-17-20-41(39(25-40)31-60)52-50(61-46-13-3-1-11-42(46)44-18-15-37(26-48(44)61)35-9-5-7-32(21-35)28-57)23-34(30-59)24-51(52)62-47-14-4-2-12-43(47)45-19-16-38(27-49(45)62)36-10-6-8-33(22-36)29-58/h1-27H. The molecular weight excluding hydrogens is 778 g/mol. The molecule has 0 amide bonds. The Morgan fingerprint density at radius 3 is 1.32 bits per heavy atom. The van der Waals surface area contributed by atoms with E-state index in [4.69, 9.17) is 0 Å². The highest BCUT2D eigenvalue weighted by atomic mass is 19.4. The summed E-state index contributed by atoms with van der Waals surface area (Å²) in [4.78, 5) is 0. The summed E-state index contributed by atoms with van der Waals surface area (Å²) < 4.78 is 46.9. The molecule has 10 rings (SSSR count). The van der Waals surface area contributed by atoms with Gasteiger partial charge in [-0.25, -0.2) is 0 Å². The van der Waals surface area contributed by atoms with Crippen LogP contribution in [0.5, 0.6) is 0 Å². The largest absolute Gasteiger partial charge is 0.416 e. The average molecular weight is 805 g/mol. The van der Waals surface area contributed by atoms with Crippen LogP contribution in [0.15, 0.2) is 164 Å². The molecule has 0 bridgehead atoms. The summed E-state index contributed by atoms with van der Waals surface area (Å²) in [5, 5.41) is 44.5. The summed E-state index contributed by atoms with van der Waals surface area (Å²) in [7, 11) is 0. The molecule has 2 aromatic heterocycles. The predicted molar refractivity (Wildman–Crippen MR) is 235 cm³/mol. The van der Waals surface area contributed by atoms with Crippen LogP contribution in [0.2, 0.25) is 0 Å². The highest BCUT2D eigenvalue weighted by molar-refractivity contribution is 6.13. The third-order valence-corrected chi connectivity index (χ3v) is 11.4. The molecule has 0 spiro atoms. The van der Waals surface area contributed by atoms with Gasteiger partial charge in [-0.15, -0.1) is 0 Å². The second kappa shape index (κ2) is 14.4. The highest BCUT2D eigenvalue weighted by Gasteiger charge is 2.32. The molecule has 0 radical (unpaired) electrons. The van der Waals surface area contributed by atoms with Gasteiger partial charge >= 0.3 is 6.18 Å². The lowest BCUT2D eigenvalue weighted by Crippen LogP contribution is -2.08. The number of benzene rings is 8. The Hall–Kier alpha value is -8.89. The van der Waals surface area contributed by atoms with Crippen molar-refractivity contribution in [1.82, 2.24) is 9.13 Å². The first-order chi connectivity index (χ1) is 30.2. The molecule has 290 valence electrons. The zero-order chi connectivity index (χ0) is 42.7. The Bertz CT molecular complexity index is 3500. The van der Waals surface area contributed by atoms with Gasteiger partial charge in [-0.05, 0) is 95.1 Å². The van der Waals surface area contributed by atoms with E-state index in [9.17, 15) is 34.2 Å². The topological polar surface area (TPSA) is 105 Å². The third kappa shape index (κ3) is 6.01. The second-order valence-electron chi connectivity index (χ2n) is 14.9. The maximum Gasteiger partial charge on any atom is 0.416 e. The lowest BCUT2D eigenvalue weighted by molar-refractivity contribution is -0.137. The first-order valence-corrected chi connectivity index (χ1v) is 19.5. The normalized spacial score (nSPS) is 11.4. The molecule has 0 fully saturated rings. The summed E-state index contributed by atoms with van der Waals surface area (Å²) in [6.45, 7) is 0. The van der Waals surface area contributed by atoms with E-state index in [1.54, 1.807) is 24.3 Å². The average Bonchev–Trinajstić information content (AvgIpc) is 3.82. The van der Waals surface area contributed by atoms with Crippen LogP contribution in [0.4, 0.5) is 13.2 Å². The van der Waals surface area contributed by atoms with Crippen LogP contribution in [-0.2, 0) is 6.18 Å². The number of hydrogen-bond acceptors (Lipinski definition) is 4. The smallest absolute Gasteiger partial charge is 0.308 e. The maximum absolute atomic E-state index is 14.3. The number of halogens is 3. The van der Waals surface area contributed by atoms with E-state index in [1.807, 2.05) is 130 Å². The van der Waals surface area contributed by atoms with Gasteiger partial charge in [0.25, 0.3) is 0 Å². The minimum atomic E-state index is -4.71. The van der Waals surface area contributed by atoms with Crippen molar-refractivity contribution >= 4 is 43.6 Å². The summed E-state index contributed by atoms with van der Waals surface area (Å²) in [5.74, 6) is 0. The van der Waals surface area contributed by atoms with E-state index in [-0.39, 0.29) is 16.7 Å². The predicted octanol–water partition coefficient (Wildman–Crippen LogP) is 13.4. The number of alkyl halides is 3. The van der Waals surface area contributed by atoms with Gasteiger partial charge in [0.1, 0.15) is 0 Å². The molecule has 0 N–H and O–H groups in total. The van der Waals surface area contributed by atoms with Crippen molar-refractivity contribution in [1.29, 1.82) is 21.0 Å². The van der Waals surface area contributed by atoms with Gasteiger partial charge in [-0.1, -0.05) is 91.0 Å². The molecular formula is C53H27F3N6. The van der Waals surface area contributed by atoms with Crippen LogP contribution in [0, 0.1) is 45.3 Å². The summed E-state index contributed by atoms with van der Waals surface area (Å²) >= 11 is 0. The molecule has 0 unspecified atom stereocenters. The Labute approximate surface area is 352 Å². The molecule has 10 aromatic rings. The molecule has 0 saturated carbocycles. The van der Waals surface area contributed by atoms with Crippen LogP contribution < -0.4 is 0 Å². The molecule has 0 aliphatic carbocycles. The van der Waals surface area contributed by atoms with Gasteiger partial charge in [-0.3, -0.25) is 0 Å². The van der Waals surface area contributed by atoms with Crippen molar-refractivity contribution in [3.63, 3.8) is 0 Å². The number of nitrogens with zero attached hydrogens (tertiary/aromatic N) is 6. The number of para-hydroxylation sites is 2. The SMILES string of the molecule is N#Cc1cccc(-c2ccc3c4ccccc4n(-c4cc(C#N)cc(-n5c6ccccc6c6ccc(-c7cccc(C#N)c7)cc65)c4-c4ccc(C(F)(F)F)cc4C#N)c3c2)c1. The van der Waals surface area contributed by atoms with Gasteiger partial charge in [-0.2, -0.15) is 34.2 Å². The highest BCUT2D eigenvalue weighted by Crippen LogP contribution is 2.45. The fourth-order valence-electron chi connectivity index (χ4n) is 8.69. The van der Waals surface area contributed by atoms with Crippen LogP contribution >= 0.6 is 0 Å². The molecule has 0 saturated heterocycles. The van der Waals surface area contributed by atoms with Gasteiger partial charge in [0.05, 0.1) is 85.5 Å². The summed E-state index contributed by atoms with van der Waals surface area (Å²) in [6.07, 6.45) is -4.71. The maximum atomic E-state index is 14.3. The van der Waals surface area contributed by atoms with E-state index in [0.29, 0.717) is 28.1 Å². The minimum absolute atomic E-state index is 0.198. The number of aromatic nitrogens is 2. The summed E-state index contributed by atoms with van der Waals surface area (Å²) in [6, 6.07) is 57.6. The molecule has 6 nitrogen and oxygen atoms in total. The Kier molecular flexibility index (Phi) is 8.70. The van der Waals surface area contributed by atoms with E-state index in [0.717, 1.165) is 78.0 Å². The monoisotopic (exact) mass is 804 g/mol. The van der Waals surface area contributed by atoms with Crippen LogP contribution in [-0.4, -0.2) is 9.13 Å². The Morgan fingerprint density at radius 2 is 0.855 bits per heavy atom. The van der Waals surface area contributed by atoms with Crippen molar-refractivity contribution in [2.45, 2.75) is 6.18 Å². The zero-order valence-corrected chi connectivity index (χ0v) is 32.4. The number of rotatable bonds is 5. The van der Waals surface area contributed by atoms with Crippen molar-refractivity contribution in [3.8, 4) is 69.0 Å². The lowest BCUT2D eigenvalue weighted by atomic mass is 9.93. The quantitative estimate of drug-likeness (QED) is 0.173. The Morgan fingerprint density at radius 1 is 0.387 bits per heavy atom. The fraction of sp³-hybridized carbons (Fsp3) is 0.0189. The van der Waals surface area contributed by atoms with E-state index >= 15 is 0 Å². The molecule has 8 aromatic carbocycles. The van der Waals surface area contributed by atoms with E-state index < -0.39 is 11.7 Å². The van der Waals surface area contributed by atoms with Crippen LogP contribution in [0.1, 0.15) is 27.8 Å². The van der Waals surface area contributed by atoms with Crippen molar-refractivity contribution in [3.05, 3.63) is 192 Å². The number of fused-ring (bicyclic) bond motifs is 6. The molecule has 0 atom stereocenters. The van der Waals surface area contributed by atoms with Crippen LogP contribution in [0.3, 0.4) is 0 Å².